The van der Waals surface area contributed by atoms with Gasteiger partial charge in [-0.15, -0.1) is 45.3 Å². The van der Waals surface area contributed by atoms with Gasteiger partial charge in [-0.05, 0) is 121 Å². The van der Waals surface area contributed by atoms with Crippen LogP contribution >= 0.6 is 45.3 Å². The van der Waals surface area contributed by atoms with Gasteiger partial charge in [-0.3, -0.25) is 0 Å². The molecular formula is C77H45F3N4O3S5. The molecule has 12 aromatic carbocycles. The lowest BCUT2D eigenvalue weighted by molar-refractivity contribution is -0.0500. The van der Waals surface area contributed by atoms with Crippen molar-refractivity contribution in [3.05, 3.63) is 267 Å². The molecule has 0 aliphatic rings. The number of nitrogens with one attached hydrogen (secondary N) is 1. The molecule has 442 valence electrons. The summed E-state index contributed by atoms with van der Waals surface area (Å²) in [4.78, 5) is 3.52. The fourth-order valence-corrected chi connectivity index (χ4v) is 19.2. The third kappa shape index (κ3) is 8.60. The van der Waals surface area contributed by atoms with Gasteiger partial charge in [-0.2, -0.15) is 21.6 Å². The standard InChI is InChI=1S/C38H22N2S2.C24H16N2.C15H7F3O3S3/c1-5-13-31-25(9-1)26-10-2-6-14-32(26)39(31)23-17-19-34-29(21-23)27-11-3-7-15-33(27)40(34)24-18-20-36-30(22-24)37-28-12-4-8-16-35(28)41-38(37)42-36;1-4-10-21-17(7-1)20-15-16(13-14-22(20)25-21)26-23-11-5-2-8-18(23)19-9-3-6-12-24(19)26;16-15(17,18)24(19,20)21-8-5-6-12-10(7-8)13-9-3-1-2-4-11(9)22-14(13)23-12/h1-22H;1-15,25H;1-7H. The molecule has 8 aromatic heterocycles. The van der Waals surface area contributed by atoms with Gasteiger partial charge in [0.05, 0.1) is 41.1 Å². The smallest absolute Gasteiger partial charge is 0.376 e. The van der Waals surface area contributed by atoms with Crippen molar-refractivity contribution in [3.63, 3.8) is 0 Å². The van der Waals surface area contributed by atoms with E-state index in [4.69, 9.17) is 0 Å². The minimum absolute atomic E-state index is 0.352. The Bertz CT molecular complexity index is 6430. The molecular weight excluding hydrogens is 1250 g/mol. The van der Waals surface area contributed by atoms with E-state index in [1.807, 2.05) is 46.9 Å². The lowest BCUT2D eigenvalue weighted by atomic mass is 10.1. The summed E-state index contributed by atoms with van der Waals surface area (Å²) in [6, 6.07) is 93.3. The molecule has 0 saturated carbocycles. The summed E-state index contributed by atoms with van der Waals surface area (Å²) in [6.45, 7) is 0. The van der Waals surface area contributed by atoms with Crippen LogP contribution < -0.4 is 4.18 Å². The molecule has 20 aromatic rings. The first kappa shape index (κ1) is 54.7. The minimum Gasteiger partial charge on any atom is -0.376 e. The van der Waals surface area contributed by atoms with Gasteiger partial charge in [-0.25, -0.2) is 0 Å². The van der Waals surface area contributed by atoms with Gasteiger partial charge >= 0.3 is 15.6 Å². The molecule has 0 unspecified atom stereocenters. The molecule has 0 atom stereocenters. The number of para-hydroxylation sites is 6. The maximum absolute atomic E-state index is 12.5. The Morgan fingerprint density at radius 2 is 0.652 bits per heavy atom. The first-order valence-electron chi connectivity index (χ1n) is 29.7. The van der Waals surface area contributed by atoms with Crippen LogP contribution in [-0.4, -0.2) is 32.6 Å². The van der Waals surface area contributed by atoms with Crippen LogP contribution in [0.3, 0.4) is 0 Å². The second-order valence-corrected chi connectivity index (χ2v) is 29.0. The first-order valence-corrected chi connectivity index (χ1v) is 34.4. The number of rotatable bonds is 5. The fraction of sp³-hybridized carbons (Fsp3) is 0.0130. The predicted molar refractivity (Wildman–Crippen MR) is 384 cm³/mol. The molecule has 0 saturated heterocycles. The average Bonchev–Trinajstić information content (AvgIpc) is 1.61. The van der Waals surface area contributed by atoms with Crippen molar-refractivity contribution >= 4 is 202 Å². The van der Waals surface area contributed by atoms with E-state index in [0.717, 1.165) is 24.2 Å². The van der Waals surface area contributed by atoms with Gasteiger partial charge < -0.3 is 22.9 Å². The zero-order chi connectivity index (χ0) is 61.6. The molecule has 15 heteroatoms. The van der Waals surface area contributed by atoms with Crippen molar-refractivity contribution in [2.24, 2.45) is 0 Å². The SMILES string of the molecule is O=S(=O)(Oc1ccc2sc3sc4ccccc4c3c2c1)C(F)(F)F.c1ccc2c(c1)[nH]c1ccc(-n3c4ccccc4c4ccccc43)cc12.c1ccc2c(c1)sc1sc3ccc(-n4c5ccccc5c5cc(-n6c7ccccc7c7ccccc76)ccc54)cc3c12. The largest absolute Gasteiger partial charge is 0.534 e. The average molecular weight is 1290 g/mol. The van der Waals surface area contributed by atoms with E-state index in [1.54, 1.807) is 17.4 Å². The van der Waals surface area contributed by atoms with E-state index in [2.05, 4.69) is 247 Å². The highest BCUT2D eigenvalue weighted by atomic mass is 32.2. The summed E-state index contributed by atoms with van der Waals surface area (Å²) in [6.07, 6.45) is 0. The predicted octanol–water partition coefficient (Wildman–Crippen LogP) is 23.4. The highest BCUT2D eigenvalue weighted by molar-refractivity contribution is 7.88. The molecule has 0 fully saturated rings. The number of aromatic amines is 1. The number of alkyl halides is 3. The Morgan fingerprint density at radius 1 is 0.315 bits per heavy atom. The monoisotopic (exact) mass is 1290 g/mol. The molecule has 0 spiro atoms. The third-order valence-electron chi connectivity index (χ3n) is 17.6. The van der Waals surface area contributed by atoms with Crippen LogP contribution in [0.15, 0.2) is 267 Å². The van der Waals surface area contributed by atoms with Crippen molar-refractivity contribution in [2.45, 2.75) is 5.51 Å². The fourth-order valence-electron chi connectivity index (χ4n) is 13.6. The van der Waals surface area contributed by atoms with Gasteiger partial charge in [0.2, 0.25) is 0 Å². The van der Waals surface area contributed by atoms with Crippen LogP contribution in [0.4, 0.5) is 13.2 Å². The molecule has 0 aliphatic carbocycles. The summed E-state index contributed by atoms with van der Waals surface area (Å²) < 4.78 is 78.3. The number of hydrogen-bond acceptors (Lipinski definition) is 7. The zero-order valence-corrected chi connectivity index (χ0v) is 52.2. The number of aromatic nitrogens is 4. The van der Waals surface area contributed by atoms with Crippen molar-refractivity contribution in [2.75, 3.05) is 0 Å². The normalized spacial score (nSPS) is 12.4. The zero-order valence-electron chi connectivity index (χ0n) is 48.1. The Labute approximate surface area is 537 Å². The van der Waals surface area contributed by atoms with Crippen LogP contribution in [0.2, 0.25) is 0 Å². The second-order valence-electron chi connectivity index (χ2n) is 22.7. The van der Waals surface area contributed by atoms with Gasteiger partial charge in [0.1, 0.15) is 5.75 Å². The van der Waals surface area contributed by atoms with Crippen molar-refractivity contribution in [1.29, 1.82) is 0 Å². The van der Waals surface area contributed by atoms with Gasteiger partial charge in [0.25, 0.3) is 0 Å². The van der Waals surface area contributed by atoms with Crippen LogP contribution in [0.25, 0.3) is 163 Å². The molecule has 0 aliphatic heterocycles. The van der Waals surface area contributed by atoms with Gasteiger partial charge in [-0.1, -0.05) is 146 Å². The quantitative estimate of drug-likeness (QED) is 0.138. The topological polar surface area (TPSA) is 74.0 Å². The van der Waals surface area contributed by atoms with Crippen LogP contribution in [0, 0.1) is 0 Å². The summed E-state index contributed by atoms with van der Waals surface area (Å²) in [5.74, 6) is -0.352. The third-order valence-corrected chi connectivity index (χ3v) is 23.4. The molecule has 7 nitrogen and oxygen atoms in total. The minimum atomic E-state index is -5.68. The van der Waals surface area contributed by atoms with Crippen molar-refractivity contribution < 1.29 is 25.8 Å². The number of nitrogens with zero attached hydrogens (tertiary/aromatic N) is 3. The summed E-state index contributed by atoms with van der Waals surface area (Å²) in [5, 5.41) is 16.9. The summed E-state index contributed by atoms with van der Waals surface area (Å²) in [7, 11) is -5.68. The lowest BCUT2D eigenvalue weighted by Crippen LogP contribution is -2.28. The van der Waals surface area contributed by atoms with E-state index < -0.39 is 15.6 Å². The van der Waals surface area contributed by atoms with Crippen molar-refractivity contribution in [3.8, 4) is 22.8 Å². The molecule has 0 radical (unpaired) electrons. The van der Waals surface area contributed by atoms with E-state index in [-0.39, 0.29) is 5.75 Å². The Morgan fingerprint density at radius 3 is 1.14 bits per heavy atom. The molecule has 8 heterocycles. The van der Waals surface area contributed by atoms with Crippen LogP contribution in [0.1, 0.15) is 0 Å². The molecule has 1 N–H and O–H groups in total. The van der Waals surface area contributed by atoms with E-state index in [9.17, 15) is 21.6 Å². The Balaban J connectivity index is 0.000000108. The lowest BCUT2D eigenvalue weighted by Gasteiger charge is -2.10. The molecule has 0 bridgehead atoms. The van der Waals surface area contributed by atoms with Crippen LogP contribution in [0.5, 0.6) is 5.75 Å². The second kappa shape index (κ2) is 20.9. The number of H-pyrrole nitrogens is 1. The maximum Gasteiger partial charge on any atom is 0.534 e. The number of thiophene rings is 4. The molecule has 0 amide bonds. The molecule has 20 rings (SSSR count). The molecule has 92 heavy (non-hydrogen) atoms. The first-order chi connectivity index (χ1) is 45.0. The Hall–Kier alpha value is -10.3. The summed E-state index contributed by atoms with van der Waals surface area (Å²) >= 11 is 6.92. The van der Waals surface area contributed by atoms with Gasteiger partial charge in [0, 0.05) is 122 Å². The van der Waals surface area contributed by atoms with Crippen LogP contribution in [-0.2, 0) is 10.1 Å². The highest BCUT2D eigenvalue weighted by Gasteiger charge is 2.48. The van der Waals surface area contributed by atoms with E-state index in [0.29, 0.717) is 5.39 Å². The van der Waals surface area contributed by atoms with Crippen molar-refractivity contribution in [1.82, 2.24) is 18.7 Å². The number of halogens is 3. The van der Waals surface area contributed by atoms with E-state index in [1.165, 1.54) is 157 Å². The highest BCUT2D eigenvalue weighted by Crippen LogP contribution is 2.48. The number of benzene rings is 12. The number of hydrogen-bond donors (Lipinski definition) is 1. The van der Waals surface area contributed by atoms with Gasteiger partial charge in [0.15, 0.2) is 0 Å². The maximum atomic E-state index is 12.5. The Kier molecular flexibility index (Phi) is 12.4. The summed E-state index contributed by atoms with van der Waals surface area (Å²) in [5.41, 5.74) is 7.89. The van der Waals surface area contributed by atoms with E-state index >= 15 is 0 Å². The number of fused-ring (bicyclic) bond motifs is 22.